The van der Waals surface area contributed by atoms with E-state index in [0.29, 0.717) is 0 Å². The molecule has 0 spiro atoms. The largest absolute Gasteiger partial charge is 0.748 e. The van der Waals surface area contributed by atoms with Crippen LogP contribution in [-0.2, 0) is 17.2 Å². The zero-order chi connectivity index (χ0) is 31.6. The third-order valence-corrected chi connectivity index (χ3v) is 10.4. The molecule has 0 amide bonds. The van der Waals surface area contributed by atoms with E-state index in [1.165, 1.54) is 43.3 Å². The molecule has 1 aliphatic rings. The molecule has 0 fully saturated rings. The van der Waals surface area contributed by atoms with E-state index in [-0.39, 0.29) is 5.75 Å². The van der Waals surface area contributed by atoms with Gasteiger partial charge in [-0.1, -0.05) is 60.4 Å². The minimum Gasteiger partial charge on any atom is -0.748 e. The normalized spacial score (nSPS) is 14.1. The Morgan fingerprint density at radius 2 is 1.56 bits per heavy atom. The summed E-state index contributed by atoms with van der Waals surface area (Å²) in [5.74, 6) is 1.45. The highest BCUT2D eigenvalue weighted by Crippen LogP contribution is 2.47. The minimum atomic E-state index is -3.91. The highest BCUT2D eigenvalue weighted by molar-refractivity contribution is 8.03. The summed E-state index contributed by atoms with van der Waals surface area (Å²) in [5, 5.41) is 2.36. The summed E-state index contributed by atoms with van der Waals surface area (Å²) in [6.45, 7) is 1.31. The van der Waals surface area contributed by atoms with E-state index < -0.39 is 10.1 Å². The van der Waals surface area contributed by atoms with E-state index in [1.54, 1.807) is 35.6 Å². The first-order valence-corrected chi connectivity index (χ1v) is 17.4. The number of allylic oxidation sites excluding steroid dienone is 2. The first-order chi connectivity index (χ1) is 21.7. The number of rotatable bonds is 6. The summed E-state index contributed by atoms with van der Waals surface area (Å²) in [6.07, 6.45) is 8.03. The third kappa shape index (κ3) is 6.84. The molecule has 4 heterocycles. The molecule has 3 aromatic heterocycles. The van der Waals surface area contributed by atoms with E-state index >= 15 is 0 Å². The Labute approximate surface area is 270 Å². The number of furan rings is 2. The summed E-state index contributed by atoms with van der Waals surface area (Å²) < 4.78 is 43.1. The van der Waals surface area contributed by atoms with Crippen LogP contribution in [0.15, 0.2) is 128 Å². The molecule has 0 saturated carbocycles. The van der Waals surface area contributed by atoms with Crippen molar-refractivity contribution in [1.29, 1.82) is 0 Å². The van der Waals surface area contributed by atoms with Crippen LogP contribution in [0, 0.1) is 0 Å². The maximum Gasteiger partial charge on any atom is 0.263 e. The van der Waals surface area contributed by atoms with Crippen LogP contribution in [0.5, 0.6) is 0 Å². The molecule has 0 unspecified atom stereocenters. The Morgan fingerprint density at radius 1 is 0.911 bits per heavy atom. The smallest absolute Gasteiger partial charge is 0.263 e. The highest BCUT2D eigenvalue weighted by Gasteiger charge is 2.24. The average Bonchev–Trinajstić information content (AvgIpc) is 3.87. The Hall–Kier alpha value is -4.35. The van der Waals surface area contributed by atoms with Gasteiger partial charge >= 0.3 is 0 Å². The van der Waals surface area contributed by atoms with Crippen molar-refractivity contribution in [1.82, 2.24) is 0 Å². The SMILES string of the molecule is CCS(=O)(=O)[O-].CN1C(=CC(=Cc2sc3ccc(-c4ccco4)cc3[n+]2C)c2ccccc2)Sc2ccc(-c3ccco3)cc21. The van der Waals surface area contributed by atoms with Crippen molar-refractivity contribution < 1.29 is 26.4 Å². The molecule has 0 aliphatic carbocycles. The third-order valence-electron chi connectivity index (χ3n) is 7.36. The van der Waals surface area contributed by atoms with Gasteiger partial charge in [-0.15, -0.1) is 0 Å². The van der Waals surface area contributed by atoms with Crippen molar-refractivity contribution in [2.75, 3.05) is 17.7 Å². The van der Waals surface area contributed by atoms with Gasteiger partial charge in [-0.2, -0.15) is 4.57 Å². The summed E-state index contributed by atoms with van der Waals surface area (Å²) in [7, 11) is 0.355. The van der Waals surface area contributed by atoms with Crippen LogP contribution in [0.3, 0.4) is 0 Å². The molecule has 10 heteroatoms. The van der Waals surface area contributed by atoms with Gasteiger partial charge in [0.15, 0.2) is 0 Å². The number of nitrogens with zero attached hydrogens (tertiary/aromatic N) is 2. The second-order valence-corrected chi connectivity index (χ2v) is 14.1. The summed E-state index contributed by atoms with van der Waals surface area (Å²) >= 11 is 3.59. The van der Waals surface area contributed by atoms with E-state index in [1.807, 2.05) is 24.3 Å². The van der Waals surface area contributed by atoms with Gasteiger partial charge in [0.1, 0.15) is 23.3 Å². The number of anilines is 1. The standard InChI is InChI=1S/C33H25N2O2S2.C2H6O3S/c1-34-26-18-23(28-10-6-16-36-28)12-14-30(26)38-32(34)20-25(22-8-4-3-5-9-22)21-33-35(2)27-19-24(13-15-31(27)39-33)29-11-7-17-37-29;1-2-6(3,4)5/h3-21H,1-2H3;2H2,1H3,(H,3,4,5)/q+1;/p-1. The number of thioether (sulfide) groups is 1. The van der Waals surface area contributed by atoms with E-state index in [2.05, 4.69) is 102 Å². The number of hydrogen-bond acceptors (Lipinski definition) is 8. The fourth-order valence-electron chi connectivity index (χ4n) is 4.88. The molecule has 3 aromatic carbocycles. The van der Waals surface area contributed by atoms with Crippen LogP contribution < -0.4 is 9.47 Å². The zero-order valence-corrected chi connectivity index (χ0v) is 27.3. The first-order valence-electron chi connectivity index (χ1n) is 14.2. The fourth-order valence-corrected chi connectivity index (χ4v) is 7.05. The van der Waals surface area contributed by atoms with E-state index in [9.17, 15) is 13.0 Å². The average molecular weight is 655 g/mol. The molecular weight excluding hydrogens is 625 g/mol. The summed E-state index contributed by atoms with van der Waals surface area (Å²) in [6, 6.07) is 31.5. The van der Waals surface area contributed by atoms with Crippen LogP contribution in [0.1, 0.15) is 17.5 Å². The zero-order valence-electron chi connectivity index (χ0n) is 24.8. The quantitative estimate of drug-likeness (QED) is 0.132. The van der Waals surface area contributed by atoms with Gasteiger partial charge in [0.05, 0.1) is 33.4 Å². The lowest BCUT2D eigenvalue weighted by Crippen LogP contribution is -2.29. The Kier molecular flexibility index (Phi) is 8.82. The van der Waals surface area contributed by atoms with Crippen molar-refractivity contribution in [3.8, 4) is 22.6 Å². The van der Waals surface area contributed by atoms with Crippen LogP contribution in [-0.4, -0.2) is 25.8 Å². The van der Waals surface area contributed by atoms with Gasteiger partial charge in [0.2, 0.25) is 5.52 Å². The molecule has 1 aliphatic heterocycles. The van der Waals surface area contributed by atoms with Crippen LogP contribution >= 0.6 is 23.1 Å². The lowest BCUT2D eigenvalue weighted by Gasteiger charge is -2.15. The van der Waals surface area contributed by atoms with Crippen molar-refractivity contribution >= 4 is 60.8 Å². The van der Waals surface area contributed by atoms with E-state index in [0.717, 1.165) is 28.2 Å². The molecular formula is C35H30N2O5S3. The van der Waals surface area contributed by atoms with Crippen LogP contribution in [0.4, 0.5) is 5.69 Å². The fraction of sp³-hybridized carbons (Fsp3) is 0.114. The molecule has 0 atom stereocenters. The number of aromatic nitrogens is 1. The topological polar surface area (TPSA) is 90.6 Å². The number of thiazole rings is 1. The summed E-state index contributed by atoms with van der Waals surface area (Å²) in [4.78, 5) is 3.51. The van der Waals surface area contributed by atoms with Crippen LogP contribution in [0.2, 0.25) is 0 Å². The molecule has 7 rings (SSSR count). The molecule has 6 aromatic rings. The molecule has 7 nitrogen and oxygen atoms in total. The van der Waals surface area contributed by atoms with Crippen molar-refractivity contribution in [2.45, 2.75) is 11.8 Å². The Bertz CT molecular complexity index is 2110. The van der Waals surface area contributed by atoms with Crippen molar-refractivity contribution in [3.05, 3.63) is 125 Å². The highest BCUT2D eigenvalue weighted by atomic mass is 32.2. The molecule has 228 valence electrons. The van der Waals surface area contributed by atoms with Gasteiger partial charge < -0.3 is 18.3 Å². The number of fused-ring (bicyclic) bond motifs is 2. The number of benzene rings is 3. The van der Waals surface area contributed by atoms with Gasteiger partial charge in [0.25, 0.3) is 5.01 Å². The maximum atomic E-state index is 9.44. The predicted molar refractivity (Wildman–Crippen MR) is 182 cm³/mol. The van der Waals surface area contributed by atoms with Crippen molar-refractivity contribution in [2.24, 2.45) is 7.05 Å². The van der Waals surface area contributed by atoms with Gasteiger partial charge in [-0.05, 0) is 71.8 Å². The predicted octanol–water partition coefficient (Wildman–Crippen LogP) is 8.42. The molecule has 0 saturated heterocycles. The Balaban J connectivity index is 0.000000545. The van der Waals surface area contributed by atoms with Gasteiger partial charge in [-0.25, -0.2) is 8.42 Å². The van der Waals surface area contributed by atoms with Crippen LogP contribution in [0.25, 0.3) is 44.5 Å². The molecule has 0 radical (unpaired) electrons. The number of hydrogen-bond donors (Lipinski definition) is 0. The second-order valence-electron chi connectivity index (χ2n) is 10.3. The lowest BCUT2D eigenvalue weighted by atomic mass is 10.1. The van der Waals surface area contributed by atoms with Crippen molar-refractivity contribution in [3.63, 3.8) is 0 Å². The second kappa shape index (κ2) is 12.9. The first kappa shape index (κ1) is 30.7. The van der Waals surface area contributed by atoms with Gasteiger partial charge in [-0.3, -0.25) is 0 Å². The minimum absolute atomic E-state index is 0.312. The lowest BCUT2D eigenvalue weighted by molar-refractivity contribution is -0.642. The monoisotopic (exact) mass is 654 g/mol. The molecule has 0 N–H and O–H groups in total. The summed E-state index contributed by atoms with van der Waals surface area (Å²) in [5.41, 5.74) is 6.88. The Morgan fingerprint density at radius 3 is 2.18 bits per heavy atom. The van der Waals surface area contributed by atoms with E-state index in [4.69, 9.17) is 8.83 Å². The van der Waals surface area contributed by atoms with Gasteiger partial charge in [0, 0.05) is 41.0 Å². The maximum absolute atomic E-state index is 9.44. The molecule has 0 bridgehead atoms. The number of aryl methyl sites for hydroxylation is 1. The molecule has 45 heavy (non-hydrogen) atoms.